The van der Waals surface area contributed by atoms with Crippen molar-refractivity contribution in [1.29, 1.82) is 0 Å². The number of methoxy groups -OCH3 is 1. The lowest BCUT2D eigenvalue weighted by molar-refractivity contribution is 0.414. The van der Waals surface area contributed by atoms with Gasteiger partial charge < -0.3 is 4.74 Å². The number of hydrogen-bond acceptors (Lipinski definition) is 4. The number of aromatic nitrogens is 2. The minimum atomic E-state index is 0.0376. The van der Waals surface area contributed by atoms with Gasteiger partial charge in [0.1, 0.15) is 5.75 Å². The van der Waals surface area contributed by atoms with Crippen molar-refractivity contribution in [2.24, 2.45) is 0 Å². The van der Waals surface area contributed by atoms with E-state index in [9.17, 15) is 4.79 Å². The van der Waals surface area contributed by atoms with Gasteiger partial charge in [-0.3, -0.25) is 9.36 Å². The van der Waals surface area contributed by atoms with Gasteiger partial charge in [0, 0.05) is 12.3 Å². The van der Waals surface area contributed by atoms with Crippen molar-refractivity contribution in [2.45, 2.75) is 30.8 Å². The van der Waals surface area contributed by atoms with Crippen LogP contribution < -0.4 is 10.3 Å². The summed E-state index contributed by atoms with van der Waals surface area (Å²) in [6.07, 6.45) is 0.895. The minimum Gasteiger partial charge on any atom is -0.497 e. The maximum Gasteiger partial charge on any atom is 0.262 e. The highest BCUT2D eigenvalue weighted by Gasteiger charge is 2.11. The first-order chi connectivity index (χ1) is 11.7. The summed E-state index contributed by atoms with van der Waals surface area (Å²) in [5.74, 6) is 1.58. The van der Waals surface area contributed by atoms with Crippen molar-refractivity contribution in [3.63, 3.8) is 0 Å². The van der Waals surface area contributed by atoms with Gasteiger partial charge in [0.05, 0.1) is 18.0 Å². The minimum absolute atomic E-state index is 0.0376. The van der Waals surface area contributed by atoms with Crippen LogP contribution in [0.25, 0.3) is 10.9 Å². The van der Waals surface area contributed by atoms with Gasteiger partial charge in [-0.15, -0.1) is 0 Å². The van der Waals surface area contributed by atoms with Gasteiger partial charge in [-0.2, -0.15) is 0 Å². The Morgan fingerprint density at radius 1 is 1.17 bits per heavy atom. The molecule has 1 heterocycles. The van der Waals surface area contributed by atoms with Crippen LogP contribution in [0.4, 0.5) is 0 Å². The summed E-state index contributed by atoms with van der Waals surface area (Å²) < 4.78 is 7.05. The van der Waals surface area contributed by atoms with Crippen molar-refractivity contribution in [3.8, 4) is 5.75 Å². The zero-order valence-electron chi connectivity index (χ0n) is 13.9. The number of fused-ring (bicyclic) bond motifs is 1. The average Bonchev–Trinajstić information content (AvgIpc) is 2.63. The highest BCUT2D eigenvalue weighted by atomic mass is 32.2. The Labute approximate surface area is 145 Å². The van der Waals surface area contributed by atoms with Gasteiger partial charge in [0.2, 0.25) is 0 Å². The predicted octanol–water partition coefficient (Wildman–Crippen LogP) is 4.11. The van der Waals surface area contributed by atoms with Crippen LogP contribution in [0, 0.1) is 0 Å². The van der Waals surface area contributed by atoms with Crippen LogP contribution in [0.2, 0.25) is 0 Å². The van der Waals surface area contributed by atoms with E-state index in [1.807, 2.05) is 42.5 Å². The molecule has 124 valence electrons. The zero-order valence-corrected chi connectivity index (χ0v) is 14.7. The third-order valence-electron chi connectivity index (χ3n) is 3.78. The van der Waals surface area contributed by atoms with Gasteiger partial charge in [-0.1, -0.05) is 43.0 Å². The van der Waals surface area contributed by atoms with Crippen LogP contribution in [0.1, 0.15) is 18.9 Å². The molecule has 0 unspecified atom stereocenters. The van der Waals surface area contributed by atoms with E-state index in [1.54, 1.807) is 23.4 Å². The Bertz CT molecular complexity index is 905. The molecule has 0 N–H and O–H groups in total. The van der Waals surface area contributed by atoms with Crippen molar-refractivity contribution in [2.75, 3.05) is 7.11 Å². The van der Waals surface area contributed by atoms with Gasteiger partial charge in [0.25, 0.3) is 5.56 Å². The quantitative estimate of drug-likeness (QED) is 0.500. The fourth-order valence-corrected chi connectivity index (χ4v) is 3.56. The second-order valence-corrected chi connectivity index (χ2v) is 6.45. The molecule has 0 atom stereocenters. The first kappa shape index (κ1) is 16.6. The highest BCUT2D eigenvalue weighted by Crippen LogP contribution is 2.24. The summed E-state index contributed by atoms with van der Waals surface area (Å²) >= 11 is 1.58. The first-order valence-corrected chi connectivity index (χ1v) is 8.96. The van der Waals surface area contributed by atoms with Crippen molar-refractivity contribution in [1.82, 2.24) is 9.55 Å². The largest absolute Gasteiger partial charge is 0.497 e. The number of thioether (sulfide) groups is 1. The number of nitrogens with zero attached hydrogens (tertiary/aromatic N) is 2. The Balaban J connectivity index is 1.95. The molecule has 24 heavy (non-hydrogen) atoms. The molecule has 0 radical (unpaired) electrons. The summed E-state index contributed by atoms with van der Waals surface area (Å²) in [6.45, 7) is 2.75. The molecule has 0 saturated heterocycles. The number of benzene rings is 2. The molecule has 0 aliphatic heterocycles. The van der Waals surface area contributed by atoms with Gasteiger partial charge in [0.15, 0.2) is 5.16 Å². The summed E-state index contributed by atoms with van der Waals surface area (Å²) in [5.41, 5.74) is 1.93. The van der Waals surface area contributed by atoms with Crippen molar-refractivity contribution in [3.05, 3.63) is 64.4 Å². The summed E-state index contributed by atoms with van der Waals surface area (Å²) in [4.78, 5) is 17.4. The summed E-state index contributed by atoms with van der Waals surface area (Å²) in [6, 6.07) is 15.5. The smallest absolute Gasteiger partial charge is 0.262 e. The Morgan fingerprint density at radius 3 is 2.79 bits per heavy atom. The topological polar surface area (TPSA) is 44.1 Å². The highest BCUT2D eigenvalue weighted by molar-refractivity contribution is 7.98. The molecular formula is C19H20N2O2S. The molecule has 4 nitrogen and oxygen atoms in total. The molecule has 1 aromatic heterocycles. The maximum atomic E-state index is 12.7. The molecule has 0 aliphatic rings. The summed E-state index contributed by atoms with van der Waals surface area (Å²) in [7, 11) is 1.66. The standard InChI is InChI=1S/C19H20N2O2S/c1-3-11-21-18(22)16-9-4-5-10-17(16)20-19(21)24-13-14-7-6-8-15(12-14)23-2/h4-10,12H,3,11,13H2,1-2H3. The van der Waals surface area contributed by atoms with E-state index in [0.29, 0.717) is 11.9 Å². The van der Waals surface area contributed by atoms with E-state index in [2.05, 4.69) is 13.0 Å². The monoisotopic (exact) mass is 340 g/mol. The number of rotatable bonds is 6. The fourth-order valence-electron chi connectivity index (χ4n) is 2.59. The normalized spacial score (nSPS) is 10.9. The van der Waals surface area contributed by atoms with Crippen molar-refractivity contribution < 1.29 is 4.74 Å². The van der Waals surface area contributed by atoms with Crippen LogP contribution in [0.5, 0.6) is 5.75 Å². The summed E-state index contributed by atoms with van der Waals surface area (Å²) in [5, 5.41) is 1.44. The molecule has 0 aliphatic carbocycles. The third-order valence-corrected chi connectivity index (χ3v) is 4.82. The second kappa shape index (κ2) is 7.53. The SMILES string of the molecule is CCCn1c(SCc2cccc(OC)c2)nc2ccccc2c1=O. The van der Waals surface area contributed by atoms with Gasteiger partial charge in [-0.25, -0.2) is 4.98 Å². The van der Waals surface area contributed by atoms with Crippen LogP contribution in [-0.4, -0.2) is 16.7 Å². The van der Waals surface area contributed by atoms with Gasteiger partial charge in [-0.05, 0) is 36.2 Å². The fraction of sp³-hybridized carbons (Fsp3) is 0.263. The Hall–Kier alpha value is -2.27. The molecule has 0 amide bonds. The van der Waals surface area contributed by atoms with E-state index in [-0.39, 0.29) is 5.56 Å². The lowest BCUT2D eigenvalue weighted by atomic mass is 10.2. The Kier molecular flexibility index (Phi) is 5.20. The van der Waals surface area contributed by atoms with Crippen LogP contribution in [0.15, 0.2) is 58.5 Å². The predicted molar refractivity (Wildman–Crippen MR) is 98.8 cm³/mol. The van der Waals surface area contributed by atoms with Crippen molar-refractivity contribution >= 4 is 22.7 Å². The molecule has 3 aromatic rings. The molecule has 0 fully saturated rings. The lowest BCUT2D eigenvalue weighted by Gasteiger charge is -2.12. The maximum absolute atomic E-state index is 12.7. The van der Waals surface area contributed by atoms with Crippen LogP contribution in [0.3, 0.4) is 0 Å². The van der Waals surface area contributed by atoms with E-state index >= 15 is 0 Å². The molecule has 2 aromatic carbocycles. The van der Waals surface area contributed by atoms with E-state index in [0.717, 1.165) is 34.2 Å². The Morgan fingerprint density at radius 2 is 2.00 bits per heavy atom. The van der Waals surface area contributed by atoms with E-state index < -0.39 is 0 Å². The molecule has 0 spiro atoms. The zero-order chi connectivity index (χ0) is 16.9. The number of hydrogen-bond donors (Lipinski definition) is 0. The number of para-hydroxylation sites is 1. The molecule has 5 heteroatoms. The van der Waals surface area contributed by atoms with E-state index in [4.69, 9.17) is 9.72 Å². The molecule has 3 rings (SSSR count). The van der Waals surface area contributed by atoms with Crippen LogP contribution >= 0.6 is 11.8 Å². The number of ether oxygens (including phenoxy) is 1. The first-order valence-electron chi connectivity index (χ1n) is 7.98. The van der Waals surface area contributed by atoms with Gasteiger partial charge >= 0.3 is 0 Å². The molecule has 0 bridgehead atoms. The third kappa shape index (κ3) is 3.46. The van der Waals surface area contributed by atoms with Crippen LogP contribution in [-0.2, 0) is 12.3 Å². The van der Waals surface area contributed by atoms with E-state index in [1.165, 1.54) is 0 Å². The lowest BCUT2D eigenvalue weighted by Crippen LogP contribution is -2.23. The second-order valence-electron chi connectivity index (χ2n) is 5.51. The molecule has 0 saturated carbocycles. The molecular weight excluding hydrogens is 320 g/mol. The average molecular weight is 340 g/mol.